The summed E-state index contributed by atoms with van der Waals surface area (Å²) in [5, 5.41) is 7.79. The van der Waals surface area contributed by atoms with Gasteiger partial charge in [-0.1, -0.05) is 12.5 Å². The predicted octanol–water partition coefficient (Wildman–Crippen LogP) is 3.49. The number of amides is 1. The second-order valence-electron chi connectivity index (χ2n) is 10.9. The lowest BCUT2D eigenvalue weighted by molar-refractivity contribution is -0.131. The molecule has 0 radical (unpaired) electrons. The van der Waals surface area contributed by atoms with Gasteiger partial charge in [-0.3, -0.25) is 24.2 Å². The molecule has 1 spiro atoms. The number of carboxylic acid groups (broad SMARTS) is 1. The number of anilines is 2. The van der Waals surface area contributed by atoms with Gasteiger partial charge in [-0.25, -0.2) is 22.2 Å². The van der Waals surface area contributed by atoms with Crippen LogP contribution in [-0.2, 0) is 25.0 Å². The van der Waals surface area contributed by atoms with Gasteiger partial charge in [0, 0.05) is 36.3 Å². The number of sulfonamides is 1. The predicted molar refractivity (Wildman–Crippen MR) is 153 cm³/mol. The summed E-state index contributed by atoms with van der Waals surface area (Å²) in [6, 6.07) is 7.43. The van der Waals surface area contributed by atoms with Crippen molar-refractivity contribution >= 4 is 44.7 Å². The average Bonchev–Trinajstić information content (AvgIpc) is 3.12. The molecule has 11 nitrogen and oxygen atoms in total. The summed E-state index contributed by atoms with van der Waals surface area (Å²) in [7, 11) is -1.84. The summed E-state index contributed by atoms with van der Waals surface area (Å²) in [5.74, 6) is -2.40. The number of carbonyl (C=O) groups excluding carboxylic acids is 1. The highest BCUT2D eigenvalue weighted by Gasteiger charge is 2.54. The van der Waals surface area contributed by atoms with Crippen LogP contribution in [0.4, 0.5) is 20.2 Å². The smallest absolute Gasteiger partial charge is 0.290 e. The van der Waals surface area contributed by atoms with Gasteiger partial charge in [0.25, 0.3) is 12.4 Å². The zero-order valence-corrected chi connectivity index (χ0v) is 24.0. The van der Waals surface area contributed by atoms with Gasteiger partial charge in [0.15, 0.2) is 0 Å². The fourth-order valence-electron chi connectivity index (χ4n) is 5.87. The van der Waals surface area contributed by atoms with E-state index < -0.39 is 21.4 Å². The Hall–Kier alpha value is -3.91. The van der Waals surface area contributed by atoms with Crippen LogP contribution in [0.2, 0.25) is 0 Å². The van der Waals surface area contributed by atoms with Gasteiger partial charge in [0.05, 0.1) is 48.8 Å². The zero-order valence-electron chi connectivity index (χ0n) is 23.1. The van der Waals surface area contributed by atoms with Crippen LogP contribution in [0, 0.1) is 0 Å². The quantitative estimate of drug-likeness (QED) is 0.292. The largest absolute Gasteiger partial charge is 0.483 e. The molecule has 0 unspecified atom stereocenters. The Morgan fingerprint density at radius 3 is 2.48 bits per heavy atom. The van der Waals surface area contributed by atoms with Crippen LogP contribution >= 0.6 is 0 Å². The normalized spacial score (nSPS) is 18.5. The number of hydrogen-bond acceptors (Lipinski definition) is 8. The van der Waals surface area contributed by atoms with Gasteiger partial charge in [0.2, 0.25) is 21.8 Å². The van der Waals surface area contributed by atoms with Crippen molar-refractivity contribution < 1.29 is 36.6 Å². The third-order valence-corrected chi connectivity index (χ3v) is 8.45. The monoisotopic (exact) mass is 603 g/mol. The summed E-state index contributed by atoms with van der Waals surface area (Å²) >= 11 is 0. The number of fused-ring (bicyclic) bond motifs is 4. The number of rotatable bonds is 8. The summed E-state index contributed by atoms with van der Waals surface area (Å²) in [4.78, 5) is 33.8. The molecule has 3 aliphatic rings. The molecule has 0 bridgehead atoms. The fraction of sp³-hybridized carbons (Fsp3) is 0.429. The molecule has 1 amide bonds. The maximum atomic E-state index is 13.1. The van der Waals surface area contributed by atoms with E-state index in [1.807, 2.05) is 18.2 Å². The van der Waals surface area contributed by atoms with Gasteiger partial charge in [-0.2, -0.15) is 0 Å². The highest BCUT2D eigenvalue weighted by atomic mass is 32.2. The standard InChI is InChI=1S/C27H29F2N5O4S.CH2O2/c1-33-22-14-30-20-6-5-17(11-19(20)23(22)26(25(33)35)7-3-8-26)18-12-21(32-39(2,36)37)24(31-13-18)38-10-4-9-34-15-27(28,29)16-34;2-1-3/h5-6,11-14,32H,3-4,7-10,15-16H2,1-2H3;1H,(H,2,3). The summed E-state index contributed by atoms with van der Waals surface area (Å²) < 4.78 is 58.4. The van der Waals surface area contributed by atoms with Crippen molar-refractivity contribution in [2.45, 2.75) is 37.0 Å². The molecule has 2 aliphatic heterocycles. The third kappa shape index (κ3) is 5.60. The Bertz CT molecular complexity index is 1640. The Kier molecular flexibility index (Phi) is 7.79. The molecule has 2 fully saturated rings. The van der Waals surface area contributed by atoms with Crippen molar-refractivity contribution in [3.8, 4) is 17.0 Å². The van der Waals surface area contributed by atoms with Crippen LogP contribution < -0.4 is 14.4 Å². The van der Waals surface area contributed by atoms with Gasteiger partial charge in [-0.05, 0) is 43.0 Å². The van der Waals surface area contributed by atoms with E-state index in [0.29, 0.717) is 18.5 Å². The summed E-state index contributed by atoms with van der Waals surface area (Å²) in [6.07, 6.45) is 7.52. The molecule has 42 heavy (non-hydrogen) atoms. The van der Waals surface area contributed by atoms with Crippen LogP contribution in [-0.4, -0.2) is 86.2 Å². The molecule has 1 aromatic carbocycles. The number of aromatic nitrogens is 2. The molecule has 2 aromatic heterocycles. The van der Waals surface area contributed by atoms with Crippen molar-refractivity contribution in [2.75, 3.05) is 49.2 Å². The molecule has 4 heterocycles. The SMILES string of the molecule is CN1C(=O)C2(CCC2)c2c1cnc1ccc(-c3cnc(OCCCN4CC(F)(F)C4)c(NS(C)(=O)=O)c3)cc21.O=CO. The van der Waals surface area contributed by atoms with E-state index in [0.717, 1.165) is 53.2 Å². The Morgan fingerprint density at radius 2 is 1.86 bits per heavy atom. The van der Waals surface area contributed by atoms with E-state index in [2.05, 4.69) is 14.7 Å². The van der Waals surface area contributed by atoms with Crippen molar-refractivity contribution in [1.82, 2.24) is 14.9 Å². The van der Waals surface area contributed by atoms with Gasteiger partial charge >= 0.3 is 0 Å². The molecule has 2 N–H and O–H groups in total. The van der Waals surface area contributed by atoms with Crippen LogP contribution in [0.5, 0.6) is 5.88 Å². The van der Waals surface area contributed by atoms with E-state index in [-0.39, 0.29) is 43.6 Å². The molecule has 3 aromatic rings. The minimum absolute atomic E-state index is 0.106. The average molecular weight is 604 g/mol. The van der Waals surface area contributed by atoms with Crippen molar-refractivity contribution in [3.63, 3.8) is 0 Å². The number of likely N-dealkylation sites (N-methyl/N-ethyl adjacent to an activating group) is 1. The number of nitrogens with one attached hydrogen (secondary N) is 1. The number of nitrogens with zero attached hydrogens (tertiary/aromatic N) is 4. The second-order valence-corrected chi connectivity index (χ2v) is 12.6. The number of likely N-dealkylation sites (tertiary alicyclic amines) is 1. The summed E-state index contributed by atoms with van der Waals surface area (Å²) in [5.41, 5.74) is 3.76. The lowest BCUT2D eigenvalue weighted by Gasteiger charge is -2.38. The van der Waals surface area contributed by atoms with E-state index in [1.54, 1.807) is 35.3 Å². The number of benzene rings is 1. The fourth-order valence-corrected chi connectivity index (χ4v) is 6.42. The Morgan fingerprint density at radius 1 is 1.14 bits per heavy atom. The Labute approximate surface area is 241 Å². The molecule has 14 heteroatoms. The Balaban J connectivity index is 0.00000113. The van der Waals surface area contributed by atoms with E-state index in [1.165, 1.54) is 0 Å². The minimum atomic E-state index is -3.63. The maximum absolute atomic E-state index is 13.1. The molecule has 1 saturated carbocycles. The summed E-state index contributed by atoms with van der Waals surface area (Å²) in [6.45, 7) is -0.102. The maximum Gasteiger partial charge on any atom is 0.290 e. The highest BCUT2D eigenvalue weighted by molar-refractivity contribution is 7.92. The number of halogens is 2. The first-order chi connectivity index (χ1) is 19.9. The number of hydrogen-bond donors (Lipinski definition) is 2. The lowest BCUT2D eigenvalue weighted by Crippen LogP contribution is -2.56. The van der Waals surface area contributed by atoms with Crippen molar-refractivity contribution in [1.29, 1.82) is 0 Å². The first-order valence-electron chi connectivity index (χ1n) is 13.4. The topological polar surface area (TPSA) is 142 Å². The molecular formula is C28H31F2N5O6S. The van der Waals surface area contributed by atoms with Crippen LogP contribution in [0.1, 0.15) is 31.2 Å². The van der Waals surface area contributed by atoms with E-state index in [9.17, 15) is 22.0 Å². The van der Waals surface area contributed by atoms with E-state index >= 15 is 0 Å². The number of ether oxygens (including phenoxy) is 1. The van der Waals surface area contributed by atoms with Crippen LogP contribution in [0.15, 0.2) is 36.7 Å². The number of pyridine rings is 2. The first-order valence-corrected chi connectivity index (χ1v) is 15.3. The third-order valence-electron chi connectivity index (χ3n) is 7.86. The lowest BCUT2D eigenvalue weighted by atomic mass is 9.64. The highest BCUT2D eigenvalue weighted by Crippen LogP contribution is 2.55. The molecular weight excluding hydrogens is 572 g/mol. The molecule has 224 valence electrons. The number of alkyl halides is 2. The van der Waals surface area contributed by atoms with Gasteiger partial charge < -0.3 is 14.7 Å². The van der Waals surface area contributed by atoms with Gasteiger partial charge in [-0.15, -0.1) is 0 Å². The molecule has 6 rings (SSSR count). The molecule has 1 aliphatic carbocycles. The second kappa shape index (κ2) is 11.1. The molecule has 1 saturated heterocycles. The molecule has 0 atom stereocenters. The zero-order chi connectivity index (χ0) is 30.3. The van der Waals surface area contributed by atoms with Crippen LogP contribution in [0.3, 0.4) is 0 Å². The van der Waals surface area contributed by atoms with Crippen LogP contribution in [0.25, 0.3) is 22.0 Å². The van der Waals surface area contributed by atoms with Crippen molar-refractivity contribution in [3.05, 3.63) is 42.2 Å². The minimum Gasteiger partial charge on any atom is -0.483 e. The van der Waals surface area contributed by atoms with Gasteiger partial charge in [0.1, 0.15) is 5.69 Å². The number of carbonyl (C=O) groups is 2. The first kappa shape index (κ1) is 29.6. The van der Waals surface area contributed by atoms with Crippen molar-refractivity contribution in [2.24, 2.45) is 0 Å². The van der Waals surface area contributed by atoms with E-state index in [4.69, 9.17) is 14.6 Å².